The Labute approximate surface area is 518 Å². The fourth-order valence-corrected chi connectivity index (χ4v) is 17.4. The van der Waals surface area contributed by atoms with Crippen molar-refractivity contribution in [2.75, 3.05) is 0 Å². The molecule has 0 bridgehead atoms. The lowest BCUT2D eigenvalue weighted by molar-refractivity contribution is 1.22. The van der Waals surface area contributed by atoms with Gasteiger partial charge < -0.3 is 0 Å². The van der Waals surface area contributed by atoms with Crippen LogP contribution in [0.25, 0.3) is 65.3 Å². The maximum absolute atomic E-state index is 2.66. The number of rotatable bonds is 16. The van der Waals surface area contributed by atoms with Crippen molar-refractivity contribution >= 4 is 313 Å². The summed E-state index contributed by atoms with van der Waals surface area (Å²) < 4.78 is 0. The first-order valence-electron chi connectivity index (χ1n) is 32.8. The first-order valence-corrected chi connectivity index (χ1v) is 32.8. The molecular weight excluding hydrogens is 935 g/mol. The average Bonchev–Trinajstić information content (AvgIpc) is 3.39. The van der Waals surface area contributed by atoms with Gasteiger partial charge in [-0.15, -0.1) is 16.4 Å². The number of fused-ring (bicyclic) bond motifs is 4. The molecule has 0 saturated carbocycles. The van der Waals surface area contributed by atoms with E-state index in [2.05, 4.69) is 243 Å². The molecule has 0 aliphatic rings. The first-order chi connectivity index (χ1) is 37.7. The van der Waals surface area contributed by atoms with Crippen LogP contribution in [0.1, 0.15) is 83.5 Å². The van der Waals surface area contributed by atoms with Crippen LogP contribution in [0.5, 0.6) is 0 Å². The minimum atomic E-state index is 0.280. The Morgan fingerprint density at radius 2 is 0.654 bits per heavy atom. The zero-order valence-corrected chi connectivity index (χ0v) is 58.5. The van der Waals surface area contributed by atoms with Gasteiger partial charge >= 0.3 is 0 Å². The van der Waals surface area contributed by atoms with Crippen LogP contribution >= 0.6 is 0 Å². The maximum atomic E-state index is 2.66. The van der Waals surface area contributed by atoms with E-state index in [0.717, 1.165) is 21.3 Å². The van der Waals surface area contributed by atoms with Crippen LogP contribution in [-0.4, -0.2) is 231 Å². The summed E-state index contributed by atoms with van der Waals surface area (Å²) in [6, 6.07) is 0. The standard InChI is InChI=1S/C49H84B32/c1-16-18(3)25(10)33-31(22(16)7)24(9)20(5)27(12)35(33)36-28(13)21(6)29(14)37-38(36)30(15)32-23(8)17(2)19(4)26(11)34(32)39(37)40-41-42(43(50)44(68-51)45(40)71(54)55)47(75(80(65)66)81(67)70-53)49(74(78(61)62)79(63)64)48(73(69-52)77(59)60)46(41)72(56)76(57)58/h68-70H,50-67H2,1-15H3. The first kappa shape index (κ1) is 66.2. The van der Waals surface area contributed by atoms with E-state index in [1.165, 1.54) is 132 Å². The molecule has 7 aromatic rings. The predicted molar refractivity (Wildman–Crippen MR) is 454 cm³/mol. The van der Waals surface area contributed by atoms with E-state index in [4.69, 9.17) is 0 Å². The monoisotopic (exact) mass is 1020 g/mol. The summed E-state index contributed by atoms with van der Waals surface area (Å²) in [6.45, 7) is 38.5. The maximum Gasteiger partial charge on any atom is 0.139 e. The Hall–Kier alpha value is -2.34. The van der Waals surface area contributed by atoms with Gasteiger partial charge in [0, 0.05) is 45.4 Å². The molecule has 0 N–H and O–H groups in total. The molecule has 0 atom stereocenters. The molecule has 0 fully saturated rings. The predicted octanol–water partition coefficient (Wildman–Crippen LogP) is -14.1. The second-order valence-electron chi connectivity index (χ2n) is 29.0. The van der Waals surface area contributed by atoms with Crippen molar-refractivity contribution in [3.05, 3.63) is 83.5 Å². The van der Waals surface area contributed by atoms with Crippen LogP contribution in [-0.2, 0) is 0 Å². The Balaban J connectivity index is 2.13. The van der Waals surface area contributed by atoms with E-state index >= 15 is 0 Å². The molecule has 376 valence electrons. The lowest BCUT2D eigenvalue weighted by atomic mass is 8.66. The smallest absolute Gasteiger partial charge is 0.113 e. The van der Waals surface area contributed by atoms with Gasteiger partial charge in [0.15, 0.2) is 0 Å². The molecule has 7 aromatic carbocycles. The molecule has 0 aliphatic heterocycles. The van der Waals surface area contributed by atoms with Crippen molar-refractivity contribution in [2.45, 2.75) is 104 Å². The topological polar surface area (TPSA) is 0 Å². The summed E-state index contributed by atoms with van der Waals surface area (Å²) in [5, 5.41) is 12.0. The summed E-state index contributed by atoms with van der Waals surface area (Å²) in [7, 11) is 49.4. The number of benzene rings is 7. The average molecular weight is 1020 g/mol. The second kappa shape index (κ2) is 24.8. The quantitative estimate of drug-likeness (QED) is 0.0668. The number of hydrogen-bond donors (Lipinski definition) is 0. The molecular formula is C49H84B32. The van der Waals surface area contributed by atoms with E-state index in [0.29, 0.717) is 64.3 Å². The molecule has 0 unspecified atom stereocenters. The molecule has 0 saturated heterocycles. The Morgan fingerprint density at radius 1 is 0.284 bits per heavy atom. The zero-order valence-electron chi connectivity index (χ0n) is 58.5. The highest BCUT2D eigenvalue weighted by Crippen LogP contribution is 2.53. The van der Waals surface area contributed by atoms with E-state index in [9.17, 15) is 0 Å². The van der Waals surface area contributed by atoms with Crippen LogP contribution in [0.3, 0.4) is 0 Å². The fraction of sp³-hybridized carbons (Fsp3) is 0.306. The Bertz CT molecular complexity index is 3700. The summed E-state index contributed by atoms with van der Waals surface area (Å²) in [5.41, 5.74) is 39.1. The van der Waals surface area contributed by atoms with Gasteiger partial charge in [0.05, 0.1) is 165 Å². The van der Waals surface area contributed by atoms with Gasteiger partial charge in [0.2, 0.25) is 0 Å². The van der Waals surface area contributed by atoms with Crippen LogP contribution in [0.15, 0.2) is 0 Å². The Kier molecular flexibility index (Phi) is 20.3. The third-order valence-corrected chi connectivity index (χ3v) is 23.0. The molecule has 32 heteroatoms. The largest absolute Gasteiger partial charge is 0.139 e. The van der Waals surface area contributed by atoms with Crippen molar-refractivity contribution in [3.8, 4) is 22.3 Å². The van der Waals surface area contributed by atoms with E-state index in [1.54, 1.807) is 54.6 Å². The van der Waals surface area contributed by atoms with Crippen molar-refractivity contribution in [3.63, 3.8) is 0 Å². The van der Waals surface area contributed by atoms with Crippen LogP contribution in [0, 0.1) is 104 Å². The lowest BCUT2D eigenvalue weighted by Gasteiger charge is -2.42. The highest BCUT2D eigenvalue weighted by molar-refractivity contribution is 7.89. The van der Waals surface area contributed by atoms with E-state index in [1.807, 2.05) is 0 Å². The van der Waals surface area contributed by atoms with Gasteiger partial charge in [-0.3, -0.25) is 0 Å². The van der Waals surface area contributed by atoms with Crippen LogP contribution in [0.4, 0.5) is 0 Å². The summed E-state index contributed by atoms with van der Waals surface area (Å²) in [5.74, 6) is 0. The molecule has 0 nitrogen and oxygen atoms in total. The molecule has 0 aliphatic carbocycles. The highest BCUT2D eigenvalue weighted by atomic mass is 14.3. The van der Waals surface area contributed by atoms with Gasteiger partial charge in [-0.05, 0) is 253 Å². The molecule has 0 spiro atoms. The van der Waals surface area contributed by atoms with Gasteiger partial charge in [-0.2, -0.15) is 0 Å². The normalized spacial score (nSPS) is 11.3. The van der Waals surface area contributed by atoms with E-state index in [-0.39, 0.29) is 6.49 Å². The molecule has 7 rings (SSSR count). The van der Waals surface area contributed by atoms with Gasteiger partial charge in [-0.25, -0.2) is 0 Å². The lowest BCUT2D eigenvalue weighted by Crippen LogP contribution is -2.80. The van der Waals surface area contributed by atoms with Crippen molar-refractivity contribution in [2.24, 2.45) is 0 Å². The summed E-state index contributed by atoms with van der Waals surface area (Å²) in [4.78, 5) is 0. The molecule has 81 heavy (non-hydrogen) atoms. The van der Waals surface area contributed by atoms with Crippen molar-refractivity contribution in [1.29, 1.82) is 0 Å². The Morgan fingerprint density at radius 3 is 1.01 bits per heavy atom. The minimum Gasteiger partial charge on any atom is -0.113 e. The number of hydrogen-bond acceptors (Lipinski definition) is 0. The SMILES string of the molecule is BBB(B)B(B(B)B)c1c(B(B(B)B)B(B)B)c(B(BB)B(B)B)c(B(B)B(B)B)c2c(-c3c4c(C)c(C)c(C)c(C)c4c(C)c4c(-c5c(C)c(C)c(C)c6c(C)c(C)c(C)c(C)c56)c(C)c(C)c(C)c34)c(B(B)B)c(BB)c(B)c12. The molecule has 0 aromatic heterocycles. The molecule has 0 radical (unpaired) electrons. The van der Waals surface area contributed by atoms with Crippen LogP contribution in [0.2, 0.25) is 0 Å². The summed E-state index contributed by atoms with van der Waals surface area (Å²) in [6.07, 6.45) is 2.84. The highest BCUT2D eigenvalue weighted by Gasteiger charge is 2.43. The zero-order chi connectivity index (χ0) is 61.1. The van der Waals surface area contributed by atoms with Crippen molar-refractivity contribution in [1.82, 2.24) is 0 Å². The second-order valence-corrected chi connectivity index (χ2v) is 29.0. The third-order valence-electron chi connectivity index (χ3n) is 23.0. The minimum absolute atomic E-state index is 0.280. The van der Waals surface area contributed by atoms with Gasteiger partial charge in [0.25, 0.3) is 0 Å². The molecule has 0 heterocycles. The van der Waals surface area contributed by atoms with E-state index < -0.39 is 0 Å². The van der Waals surface area contributed by atoms with Crippen molar-refractivity contribution < 1.29 is 0 Å². The third kappa shape index (κ3) is 10.3. The number of aryl methyl sites for hydroxylation is 7. The summed E-state index contributed by atoms with van der Waals surface area (Å²) >= 11 is 0. The van der Waals surface area contributed by atoms with Crippen LogP contribution < -0.4 is 38.2 Å². The molecule has 0 amide bonds. The van der Waals surface area contributed by atoms with Gasteiger partial charge in [-0.1, -0.05) is 21.9 Å². The van der Waals surface area contributed by atoms with Gasteiger partial charge in [0.1, 0.15) is 21.5 Å². The fourth-order valence-electron chi connectivity index (χ4n) is 17.4.